The molecule has 1 aromatic heterocycles. The molecule has 0 aliphatic heterocycles. The number of hydrogen-bond donors (Lipinski definition) is 1. The molecule has 0 unspecified atom stereocenters. The first-order valence-corrected chi connectivity index (χ1v) is 9.52. The van der Waals surface area contributed by atoms with Gasteiger partial charge in [0, 0.05) is 10.2 Å². The summed E-state index contributed by atoms with van der Waals surface area (Å²) in [6.07, 6.45) is 0. The summed E-state index contributed by atoms with van der Waals surface area (Å²) >= 11 is 16.3. The monoisotopic (exact) mass is 457 g/mol. The van der Waals surface area contributed by atoms with E-state index in [1.54, 1.807) is 18.2 Å². The van der Waals surface area contributed by atoms with Gasteiger partial charge >= 0.3 is 0 Å². The van der Waals surface area contributed by atoms with E-state index >= 15 is 0 Å². The summed E-state index contributed by atoms with van der Waals surface area (Å²) in [4.78, 5) is 12.0. The number of anilines is 1. The van der Waals surface area contributed by atoms with Gasteiger partial charge in [0.2, 0.25) is 11.8 Å². The molecule has 0 aliphatic carbocycles. The van der Waals surface area contributed by atoms with Gasteiger partial charge in [-0.25, -0.2) is 0 Å². The second-order valence-corrected chi connectivity index (χ2v) is 7.41. The number of carbonyl (C=O) groups is 1. The number of amides is 1. The van der Waals surface area contributed by atoms with Gasteiger partial charge in [0.15, 0.2) is 0 Å². The van der Waals surface area contributed by atoms with Gasteiger partial charge in [0.05, 0.1) is 21.4 Å². The van der Waals surface area contributed by atoms with Crippen LogP contribution in [0.5, 0.6) is 0 Å². The lowest BCUT2D eigenvalue weighted by atomic mass is 10.2. The zero-order chi connectivity index (χ0) is 17.8. The van der Waals surface area contributed by atoms with Crippen molar-refractivity contribution >= 4 is 62.5 Å². The molecule has 0 saturated heterocycles. The van der Waals surface area contributed by atoms with Crippen LogP contribution >= 0.6 is 50.9 Å². The van der Waals surface area contributed by atoms with Crippen molar-refractivity contribution in [2.45, 2.75) is 5.22 Å². The van der Waals surface area contributed by atoms with Crippen LogP contribution < -0.4 is 5.32 Å². The Labute approximate surface area is 166 Å². The number of aromatic nitrogens is 2. The molecule has 0 saturated carbocycles. The first-order chi connectivity index (χ1) is 12.0. The van der Waals surface area contributed by atoms with Crippen molar-refractivity contribution in [1.82, 2.24) is 10.2 Å². The van der Waals surface area contributed by atoms with Crippen LogP contribution in [-0.2, 0) is 4.79 Å². The van der Waals surface area contributed by atoms with Gasteiger partial charge < -0.3 is 9.73 Å². The normalized spacial score (nSPS) is 10.7. The number of hydrogen-bond acceptors (Lipinski definition) is 5. The molecule has 0 radical (unpaired) electrons. The third-order valence-electron chi connectivity index (χ3n) is 3.04. The van der Waals surface area contributed by atoms with E-state index in [2.05, 4.69) is 31.4 Å². The summed E-state index contributed by atoms with van der Waals surface area (Å²) in [6, 6.07) is 12.4. The smallest absolute Gasteiger partial charge is 0.277 e. The van der Waals surface area contributed by atoms with E-state index in [4.69, 9.17) is 27.6 Å². The summed E-state index contributed by atoms with van der Waals surface area (Å²) < 4.78 is 6.43. The zero-order valence-corrected chi connectivity index (χ0v) is 16.4. The molecule has 1 amide bonds. The van der Waals surface area contributed by atoms with Crippen LogP contribution in [0.1, 0.15) is 0 Å². The average molecular weight is 459 g/mol. The molecule has 5 nitrogen and oxygen atoms in total. The number of nitrogens with zero attached hydrogens (tertiary/aromatic N) is 2. The second kappa shape index (κ2) is 8.23. The fraction of sp³-hybridized carbons (Fsp3) is 0.0625. The Morgan fingerprint density at radius 1 is 1.16 bits per heavy atom. The average Bonchev–Trinajstić information content (AvgIpc) is 3.05. The van der Waals surface area contributed by atoms with Crippen LogP contribution in [0.25, 0.3) is 11.5 Å². The van der Waals surface area contributed by atoms with E-state index in [1.165, 1.54) is 0 Å². The number of benzene rings is 2. The van der Waals surface area contributed by atoms with Crippen LogP contribution in [0.2, 0.25) is 10.0 Å². The molecule has 9 heteroatoms. The lowest BCUT2D eigenvalue weighted by Crippen LogP contribution is -2.13. The molecule has 25 heavy (non-hydrogen) atoms. The van der Waals surface area contributed by atoms with Crippen molar-refractivity contribution in [3.63, 3.8) is 0 Å². The highest BCUT2D eigenvalue weighted by Crippen LogP contribution is 2.29. The SMILES string of the molecule is O=C(CSc1nnc(-c2ccccc2Br)o1)Nc1ccc(Cl)c(Cl)c1. The standard InChI is InChI=1S/C16H10BrCl2N3O2S/c17-11-4-2-1-3-10(11)15-21-22-16(24-15)25-8-14(23)20-9-5-6-12(18)13(19)7-9/h1-7H,8H2,(H,20,23). The van der Waals surface area contributed by atoms with Crippen LogP contribution in [0.15, 0.2) is 56.6 Å². The molecule has 0 atom stereocenters. The van der Waals surface area contributed by atoms with Gasteiger partial charge in [-0.2, -0.15) is 0 Å². The largest absolute Gasteiger partial charge is 0.411 e. The molecule has 128 valence electrons. The maximum atomic E-state index is 12.0. The summed E-state index contributed by atoms with van der Waals surface area (Å²) in [6.45, 7) is 0. The first kappa shape index (κ1) is 18.3. The highest BCUT2D eigenvalue weighted by Gasteiger charge is 2.13. The van der Waals surface area contributed by atoms with Crippen molar-refractivity contribution < 1.29 is 9.21 Å². The number of thioether (sulfide) groups is 1. The van der Waals surface area contributed by atoms with E-state index in [0.29, 0.717) is 26.8 Å². The quantitative estimate of drug-likeness (QED) is 0.508. The highest BCUT2D eigenvalue weighted by atomic mass is 79.9. The van der Waals surface area contributed by atoms with E-state index in [9.17, 15) is 4.79 Å². The number of carbonyl (C=O) groups excluding carboxylic acids is 1. The van der Waals surface area contributed by atoms with Crippen molar-refractivity contribution in [2.75, 3.05) is 11.1 Å². The highest BCUT2D eigenvalue weighted by molar-refractivity contribution is 9.10. The van der Waals surface area contributed by atoms with Crippen LogP contribution in [0, 0.1) is 0 Å². The predicted molar refractivity (Wildman–Crippen MR) is 103 cm³/mol. The van der Waals surface area contributed by atoms with E-state index in [-0.39, 0.29) is 11.7 Å². The molecule has 0 fully saturated rings. The minimum atomic E-state index is -0.218. The van der Waals surface area contributed by atoms with E-state index in [1.807, 2.05) is 24.3 Å². The third-order valence-corrected chi connectivity index (χ3v) is 5.29. The van der Waals surface area contributed by atoms with Gasteiger partial charge in [0.25, 0.3) is 5.22 Å². The van der Waals surface area contributed by atoms with Crippen molar-refractivity contribution in [3.05, 3.63) is 57.0 Å². The van der Waals surface area contributed by atoms with Gasteiger partial charge in [0.1, 0.15) is 0 Å². The van der Waals surface area contributed by atoms with Crippen molar-refractivity contribution in [1.29, 1.82) is 0 Å². The summed E-state index contributed by atoms with van der Waals surface area (Å²) in [5.41, 5.74) is 1.36. The number of halogens is 3. The number of rotatable bonds is 5. The Hall–Kier alpha value is -1.54. The lowest BCUT2D eigenvalue weighted by Gasteiger charge is -2.05. The second-order valence-electron chi connectivity index (χ2n) is 4.82. The van der Waals surface area contributed by atoms with E-state index in [0.717, 1.165) is 21.8 Å². The molecule has 3 rings (SSSR count). The Morgan fingerprint density at radius 2 is 1.96 bits per heavy atom. The maximum Gasteiger partial charge on any atom is 0.277 e. The Kier molecular flexibility index (Phi) is 6.01. The molecule has 3 aromatic rings. The van der Waals surface area contributed by atoms with Crippen LogP contribution in [0.4, 0.5) is 5.69 Å². The summed E-state index contributed by atoms with van der Waals surface area (Å²) in [5.74, 6) is 0.293. The third kappa shape index (κ3) is 4.76. The van der Waals surface area contributed by atoms with Gasteiger partial charge in [-0.3, -0.25) is 4.79 Å². The Morgan fingerprint density at radius 3 is 2.72 bits per heavy atom. The first-order valence-electron chi connectivity index (χ1n) is 6.99. The van der Waals surface area contributed by atoms with Crippen LogP contribution in [0.3, 0.4) is 0 Å². The minimum absolute atomic E-state index is 0.123. The molecule has 2 aromatic carbocycles. The molecule has 0 aliphatic rings. The van der Waals surface area contributed by atoms with Crippen molar-refractivity contribution in [2.24, 2.45) is 0 Å². The molecule has 0 spiro atoms. The summed E-state index contributed by atoms with van der Waals surface area (Å²) in [7, 11) is 0. The van der Waals surface area contributed by atoms with Crippen LogP contribution in [-0.4, -0.2) is 21.9 Å². The zero-order valence-electron chi connectivity index (χ0n) is 12.5. The summed E-state index contributed by atoms with van der Waals surface area (Å²) in [5, 5.41) is 11.8. The minimum Gasteiger partial charge on any atom is -0.411 e. The van der Waals surface area contributed by atoms with Gasteiger partial charge in [-0.05, 0) is 46.3 Å². The van der Waals surface area contributed by atoms with E-state index < -0.39 is 0 Å². The Balaban J connectivity index is 1.59. The van der Waals surface area contributed by atoms with Crippen molar-refractivity contribution in [3.8, 4) is 11.5 Å². The molecule has 1 heterocycles. The topological polar surface area (TPSA) is 68.0 Å². The molecular weight excluding hydrogens is 449 g/mol. The fourth-order valence-corrected chi connectivity index (χ4v) is 3.23. The predicted octanol–water partition coefficient (Wildman–Crippen LogP) is 5.54. The Bertz CT molecular complexity index is 920. The lowest BCUT2D eigenvalue weighted by molar-refractivity contribution is -0.113. The molecular formula is C16H10BrCl2N3O2S. The molecule has 0 bridgehead atoms. The van der Waals surface area contributed by atoms with Gasteiger partial charge in [-0.15, -0.1) is 10.2 Å². The number of nitrogens with one attached hydrogen (secondary N) is 1. The van der Waals surface area contributed by atoms with Gasteiger partial charge in [-0.1, -0.05) is 47.1 Å². The molecule has 1 N–H and O–H groups in total. The maximum absolute atomic E-state index is 12.0. The fourth-order valence-electron chi connectivity index (χ4n) is 1.91.